The molecule has 3 nitrogen and oxygen atoms in total. The normalized spacial score (nSPS) is 13.1. The summed E-state index contributed by atoms with van der Waals surface area (Å²) < 4.78 is 0. The Bertz CT molecular complexity index is 330. The van der Waals surface area contributed by atoms with Gasteiger partial charge in [0.25, 0.3) is 0 Å². The average Bonchev–Trinajstić information content (AvgIpc) is 2.22. The third kappa shape index (κ3) is 4.86. The van der Waals surface area contributed by atoms with Crippen molar-refractivity contribution < 1.29 is 5.11 Å². The standard InChI is InChI=1S/C14H24N2O/c1-11-7-12(2)9-13(8-11)14(10-17)15-5-6-16(3)4/h7-9,14-15,17H,5-6,10H2,1-4H3. The number of nitrogens with one attached hydrogen (secondary N) is 1. The van der Waals surface area contributed by atoms with Crippen LogP contribution >= 0.6 is 0 Å². The summed E-state index contributed by atoms with van der Waals surface area (Å²) in [7, 11) is 4.10. The van der Waals surface area contributed by atoms with Gasteiger partial charge in [-0.3, -0.25) is 0 Å². The maximum Gasteiger partial charge on any atom is 0.0626 e. The number of aliphatic hydroxyl groups excluding tert-OH is 1. The molecule has 3 heteroatoms. The van der Waals surface area contributed by atoms with Crippen molar-refractivity contribution in [3.63, 3.8) is 0 Å². The van der Waals surface area contributed by atoms with Gasteiger partial charge in [0, 0.05) is 13.1 Å². The van der Waals surface area contributed by atoms with Crippen LogP contribution in [0.3, 0.4) is 0 Å². The van der Waals surface area contributed by atoms with Gasteiger partial charge in [-0.15, -0.1) is 0 Å². The summed E-state index contributed by atoms with van der Waals surface area (Å²) in [6, 6.07) is 6.46. The Morgan fingerprint density at radius 1 is 1.18 bits per heavy atom. The van der Waals surface area contributed by atoms with Crippen LogP contribution in [-0.4, -0.2) is 43.8 Å². The van der Waals surface area contributed by atoms with Crippen LogP contribution in [0.5, 0.6) is 0 Å². The number of benzene rings is 1. The van der Waals surface area contributed by atoms with Crippen molar-refractivity contribution in [1.29, 1.82) is 0 Å². The molecule has 1 aromatic carbocycles. The smallest absolute Gasteiger partial charge is 0.0626 e. The minimum Gasteiger partial charge on any atom is -0.394 e. The molecular weight excluding hydrogens is 212 g/mol. The van der Waals surface area contributed by atoms with Gasteiger partial charge < -0.3 is 15.3 Å². The van der Waals surface area contributed by atoms with Crippen LogP contribution in [0.15, 0.2) is 18.2 Å². The Balaban J connectivity index is 2.65. The first kappa shape index (κ1) is 14.2. The Labute approximate surface area is 104 Å². The summed E-state index contributed by atoms with van der Waals surface area (Å²) in [5.74, 6) is 0. The molecule has 1 aromatic rings. The lowest BCUT2D eigenvalue weighted by Crippen LogP contribution is -2.31. The zero-order chi connectivity index (χ0) is 12.8. The van der Waals surface area contributed by atoms with Crippen molar-refractivity contribution in [1.82, 2.24) is 10.2 Å². The molecule has 0 radical (unpaired) electrons. The van der Waals surface area contributed by atoms with Crippen molar-refractivity contribution in [3.05, 3.63) is 34.9 Å². The molecule has 0 bridgehead atoms. The molecule has 0 heterocycles. The van der Waals surface area contributed by atoms with Crippen LogP contribution in [0.2, 0.25) is 0 Å². The second kappa shape index (κ2) is 6.74. The van der Waals surface area contributed by atoms with Crippen molar-refractivity contribution >= 4 is 0 Å². The van der Waals surface area contributed by atoms with Crippen molar-refractivity contribution in [2.45, 2.75) is 19.9 Å². The van der Waals surface area contributed by atoms with Crippen molar-refractivity contribution in [2.75, 3.05) is 33.8 Å². The quantitative estimate of drug-likeness (QED) is 0.785. The molecule has 2 N–H and O–H groups in total. The van der Waals surface area contributed by atoms with E-state index in [1.165, 1.54) is 16.7 Å². The summed E-state index contributed by atoms with van der Waals surface area (Å²) in [6.07, 6.45) is 0. The zero-order valence-electron chi connectivity index (χ0n) is 11.3. The molecule has 17 heavy (non-hydrogen) atoms. The van der Waals surface area contributed by atoms with E-state index in [2.05, 4.69) is 42.3 Å². The number of likely N-dealkylation sites (N-methyl/N-ethyl adjacent to an activating group) is 1. The first-order valence-electron chi connectivity index (χ1n) is 6.10. The fourth-order valence-electron chi connectivity index (χ4n) is 1.96. The number of aryl methyl sites for hydroxylation is 2. The van der Waals surface area contributed by atoms with E-state index >= 15 is 0 Å². The maximum absolute atomic E-state index is 9.45. The monoisotopic (exact) mass is 236 g/mol. The second-order valence-corrected chi connectivity index (χ2v) is 4.91. The summed E-state index contributed by atoms with van der Waals surface area (Å²) >= 11 is 0. The molecule has 1 rings (SSSR count). The fraction of sp³-hybridized carbons (Fsp3) is 0.571. The van der Waals surface area contributed by atoms with E-state index < -0.39 is 0 Å². The van der Waals surface area contributed by atoms with Gasteiger partial charge in [-0.1, -0.05) is 29.3 Å². The van der Waals surface area contributed by atoms with Crippen LogP contribution in [0.1, 0.15) is 22.7 Å². The molecular formula is C14H24N2O. The third-order valence-corrected chi connectivity index (χ3v) is 2.78. The zero-order valence-corrected chi connectivity index (χ0v) is 11.3. The number of hydrogen-bond acceptors (Lipinski definition) is 3. The van der Waals surface area contributed by atoms with Crippen LogP contribution < -0.4 is 5.32 Å². The molecule has 0 aromatic heterocycles. The number of hydrogen-bond donors (Lipinski definition) is 2. The maximum atomic E-state index is 9.45. The van der Waals surface area contributed by atoms with Crippen molar-refractivity contribution in [3.8, 4) is 0 Å². The third-order valence-electron chi connectivity index (χ3n) is 2.78. The molecule has 0 spiro atoms. The van der Waals surface area contributed by atoms with Gasteiger partial charge in [-0.2, -0.15) is 0 Å². The summed E-state index contributed by atoms with van der Waals surface area (Å²) in [6.45, 7) is 6.17. The predicted molar refractivity (Wildman–Crippen MR) is 72.3 cm³/mol. The van der Waals surface area contributed by atoms with E-state index in [0.29, 0.717) is 0 Å². The van der Waals surface area contributed by atoms with E-state index in [1.807, 2.05) is 14.1 Å². The van der Waals surface area contributed by atoms with Crippen LogP contribution in [-0.2, 0) is 0 Å². The average molecular weight is 236 g/mol. The van der Waals surface area contributed by atoms with Gasteiger partial charge in [-0.25, -0.2) is 0 Å². The lowest BCUT2D eigenvalue weighted by atomic mass is 10.0. The largest absolute Gasteiger partial charge is 0.394 e. The van der Waals surface area contributed by atoms with Gasteiger partial charge in [0.2, 0.25) is 0 Å². The van der Waals surface area contributed by atoms with Gasteiger partial charge in [0.15, 0.2) is 0 Å². The SMILES string of the molecule is Cc1cc(C)cc(C(CO)NCCN(C)C)c1. The predicted octanol–water partition coefficient (Wildman–Crippen LogP) is 1.49. The van der Waals surface area contributed by atoms with Crippen LogP contribution in [0, 0.1) is 13.8 Å². The first-order chi connectivity index (χ1) is 8.02. The lowest BCUT2D eigenvalue weighted by Gasteiger charge is -2.19. The molecule has 0 fully saturated rings. The highest BCUT2D eigenvalue weighted by Crippen LogP contribution is 2.16. The summed E-state index contributed by atoms with van der Waals surface area (Å²) in [5, 5.41) is 12.8. The van der Waals surface area contributed by atoms with E-state index in [4.69, 9.17) is 0 Å². The molecule has 0 saturated carbocycles. The van der Waals surface area contributed by atoms with Crippen molar-refractivity contribution in [2.24, 2.45) is 0 Å². The Kier molecular flexibility index (Phi) is 5.62. The topological polar surface area (TPSA) is 35.5 Å². The van der Waals surface area contributed by atoms with E-state index in [0.717, 1.165) is 13.1 Å². The Morgan fingerprint density at radius 3 is 2.24 bits per heavy atom. The molecule has 0 aliphatic rings. The van der Waals surface area contributed by atoms with Gasteiger partial charge in [0.1, 0.15) is 0 Å². The van der Waals surface area contributed by atoms with Gasteiger partial charge in [0.05, 0.1) is 12.6 Å². The highest BCUT2D eigenvalue weighted by atomic mass is 16.3. The molecule has 0 aliphatic carbocycles. The molecule has 96 valence electrons. The van der Waals surface area contributed by atoms with Gasteiger partial charge >= 0.3 is 0 Å². The highest BCUT2D eigenvalue weighted by molar-refractivity contribution is 5.30. The number of aliphatic hydroxyl groups is 1. The number of nitrogens with zero attached hydrogens (tertiary/aromatic N) is 1. The minimum absolute atomic E-state index is 0.0357. The molecule has 1 atom stereocenters. The fourth-order valence-corrected chi connectivity index (χ4v) is 1.96. The van der Waals surface area contributed by atoms with Gasteiger partial charge in [-0.05, 0) is 33.5 Å². The Hall–Kier alpha value is -0.900. The molecule has 0 amide bonds. The molecule has 0 aliphatic heterocycles. The lowest BCUT2D eigenvalue weighted by molar-refractivity contribution is 0.240. The van der Waals surface area contributed by atoms with Crippen LogP contribution in [0.4, 0.5) is 0 Å². The Morgan fingerprint density at radius 2 is 1.76 bits per heavy atom. The summed E-state index contributed by atoms with van der Waals surface area (Å²) in [5.41, 5.74) is 3.66. The molecule has 1 unspecified atom stereocenters. The highest BCUT2D eigenvalue weighted by Gasteiger charge is 2.10. The molecule has 0 saturated heterocycles. The second-order valence-electron chi connectivity index (χ2n) is 4.91. The minimum atomic E-state index is 0.0357. The summed E-state index contributed by atoms with van der Waals surface area (Å²) in [4.78, 5) is 2.13. The van der Waals surface area contributed by atoms with E-state index in [9.17, 15) is 5.11 Å². The van der Waals surface area contributed by atoms with Crippen LogP contribution in [0.25, 0.3) is 0 Å². The van der Waals surface area contributed by atoms with E-state index in [-0.39, 0.29) is 12.6 Å². The van der Waals surface area contributed by atoms with E-state index in [1.54, 1.807) is 0 Å². The first-order valence-corrected chi connectivity index (χ1v) is 6.10. The number of rotatable bonds is 6.